The summed E-state index contributed by atoms with van der Waals surface area (Å²) in [5.41, 5.74) is 10.9. The monoisotopic (exact) mass is 1000 g/mol. The minimum Gasteiger partial charge on any atom is -0.508 e. The van der Waals surface area contributed by atoms with Crippen LogP contribution < -0.4 is 18.9 Å². The Morgan fingerprint density at radius 3 is 1.93 bits per heavy atom. The minimum absolute atomic E-state index is 0.151. The van der Waals surface area contributed by atoms with Crippen LogP contribution in [0.25, 0.3) is 33.4 Å². The first-order valence-electron chi connectivity index (χ1n) is 24.8. The number of hydrogen-bond acceptors (Lipinski definition) is 9. The highest BCUT2D eigenvalue weighted by Crippen LogP contribution is 2.51. The Balaban J connectivity index is 1.05. The van der Waals surface area contributed by atoms with E-state index < -0.39 is 12.2 Å². The zero-order chi connectivity index (χ0) is 48.6. The molecule has 4 heterocycles. The van der Waals surface area contributed by atoms with E-state index in [1.54, 1.807) is 36.4 Å². The fourth-order valence-corrected chi connectivity index (χ4v) is 11.4. The molecule has 0 saturated carbocycles. The number of ether oxygens (including phenoxy) is 4. The number of phenolic OH excluding ortho intramolecular Hbond substituents is 3. The number of halogens is 1. The average Bonchev–Trinajstić information content (AvgIpc) is 3.80. The molecule has 4 aliphatic heterocycles. The molecule has 3 N–H and O–H groups in total. The van der Waals surface area contributed by atoms with Crippen LogP contribution in [-0.2, 0) is 0 Å². The van der Waals surface area contributed by atoms with Gasteiger partial charge in [-0.05, 0) is 183 Å². The number of aromatic hydroxyl groups is 3. The molecular weight excluding hydrogens is 941 g/mol. The third-order valence-electron chi connectivity index (χ3n) is 14.7. The van der Waals surface area contributed by atoms with Gasteiger partial charge in [-0.2, -0.15) is 0 Å². The van der Waals surface area contributed by atoms with Crippen molar-refractivity contribution in [2.24, 2.45) is 11.8 Å². The van der Waals surface area contributed by atoms with Crippen LogP contribution in [0.15, 0.2) is 126 Å². The van der Waals surface area contributed by atoms with Crippen molar-refractivity contribution in [1.29, 1.82) is 0 Å². The van der Waals surface area contributed by atoms with Crippen LogP contribution in [0.3, 0.4) is 0 Å². The zero-order valence-corrected chi connectivity index (χ0v) is 42.3. The molecular formula is C60H63BrN2O7. The first kappa shape index (κ1) is 47.5. The van der Waals surface area contributed by atoms with E-state index in [9.17, 15) is 15.3 Å². The number of hydrogen-bond donors (Lipinski definition) is 3. The van der Waals surface area contributed by atoms with Crippen LogP contribution in [-0.4, -0.2) is 77.1 Å². The summed E-state index contributed by atoms with van der Waals surface area (Å²) in [5.74, 6) is 4.79. The second-order valence-electron chi connectivity index (χ2n) is 19.9. The van der Waals surface area contributed by atoms with Gasteiger partial charge in [0.25, 0.3) is 0 Å². The Kier molecular flexibility index (Phi) is 13.7. The number of nitrogens with zero attached hydrogens (tertiary/aromatic N) is 2. The molecule has 0 aliphatic carbocycles. The lowest BCUT2D eigenvalue weighted by Crippen LogP contribution is -2.37. The van der Waals surface area contributed by atoms with Gasteiger partial charge >= 0.3 is 0 Å². The van der Waals surface area contributed by atoms with Crippen LogP contribution in [0, 0.1) is 11.8 Å². The molecule has 2 fully saturated rings. The predicted octanol–water partition coefficient (Wildman–Crippen LogP) is 13.6. The Bertz CT molecular complexity index is 2960. The van der Waals surface area contributed by atoms with Gasteiger partial charge in [-0.15, -0.1) is 0 Å². The summed E-state index contributed by atoms with van der Waals surface area (Å²) in [7, 11) is 0. The summed E-state index contributed by atoms with van der Waals surface area (Å²) < 4.78 is 27.9. The van der Waals surface area contributed by atoms with Crippen molar-refractivity contribution in [2.75, 3.05) is 45.9 Å². The van der Waals surface area contributed by atoms with E-state index in [1.807, 2.05) is 43.3 Å². The molecule has 0 bridgehead atoms. The first-order chi connectivity index (χ1) is 33.9. The molecule has 5 atom stereocenters. The fourth-order valence-electron chi connectivity index (χ4n) is 10.9. The van der Waals surface area contributed by atoms with Crippen molar-refractivity contribution in [2.45, 2.75) is 72.1 Å². The van der Waals surface area contributed by atoms with Crippen LogP contribution in [0.1, 0.15) is 99.5 Å². The molecule has 0 aromatic heterocycles. The van der Waals surface area contributed by atoms with Crippen molar-refractivity contribution in [3.05, 3.63) is 159 Å². The maximum absolute atomic E-state index is 10.7. The van der Waals surface area contributed by atoms with Gasteiger partial charge in [0, 0.05) is 63.5 Å². The molecule has 5 unspecified atom stereocenters. The van der Waals surface area contributed by atoms with E-state index in [1.165, 1.54) is 19.3 Å². The second-order valence-corrected chi connectivity index (χ2v) is 20.8. The smallest absolute Gasteiger partial charge is 0.150 e. The molecule has 0 radical (unpaired) electrons. The summed E-state index contributed by atoms with van der Waals surface area (Å²) in [5, 5.41) is 32.0. The largest absolute Gasteiger partial charge is 0.508 e. The van der Waals surface area contributed by atoms with Crippen molar-refractivity contribution in [1.82, 2.24) is 9.80 Å². The number of piperidine rings is 1. The maximum Gasteiger partial charge on any atom is 0.150 e. The van der Waals surface area contributed by atoms with Gasteiger partial charge in [-0.1, -0.05) is 66.2 Å². The van der Waals surface area contributed by atoms with Crippen LogP contribution in [0.5, 0.6) is 40.2 Å². The van der Waals surface area contributed by atoms with Gasteiger partial charge in [0.2, 0.25) is 0 Å². The summed E-state index contributed by atoms with van der Waals surface area (Å²) in [6.07, 6.45) is 2.65. The first-order valence-corrected chi connectivity index (χ1v) is 25.6. The molecule has 4 aliphatic rings. The van der Waals surface area contributed by atoms with Crippen molar-refractivity contribution >= 4 is 38.2 Å². The van der Waals surface area contributed by atoms with Crippen molar-refractivity contribution < 1.29 is 34.3 Å². The van der Waals surface area contributed by atoms with E-state index in [0.717, 1.165) is 121 Å². The number of rotatable bonds is 13. The third kappa shape index (κ3) is 9.91. The minimum atomic E-state index is -0.562. The molecule has 10 rings (SSSR count). The number of benzene rings is 6. The number of allylic oxidation sites excluding steroid dienone is 2. The molecule has 10 heteroatoms. The zero-order valence-electron chi connectivity index (χ0n) is 40.8. The molecule has 6 aromatic carbocycles. The molecule has 9 nitrogen and oxygen atoms in total. The number of phenols is 3. The number of fused-ring (bicyclic) bond motifs is 2. The second kappa shape index (κ2) is 20.3. The van der Waals surface area contributed by atoms with Gasteiger partial charge in [0.1, 0.15) is 65.7 Å². The Hall–Kier alpha value is -6.20. The molecule has 362 valence electrons. The topological polar surface area (TPSA) is 104 Å². The summed E-state index contributed by atoms with van der Waals surface area (Å²) in [6, 6.07) is 39.1. The van der Waals surface area contributed by atoms with Gasteiger partial charge in [0.15, 0.2) is 0 Å². The van der Waals surface area contributed by atoms with E-state index in [4.69, 9.17) is 18.9 Å². The summed E-state index contributed by atoms with van der Waals surface area (Å²) in [6.45, 7) is 17.4. The van der Waals surface area contributed by atoms with E-state index in [0.29, 0.717) is 36.7 Å². The van der Waals surface area contributed by atoms with E-state index in [-0.39, 0.29) is 17.2 Å². The van der Waals surface area contributed by atoms with Crippen molar-refractivity contribution in [3.63, 3.8) is 0 Å². The van der Waals surface area contributed by atoms with Gasteiger partial charge in [-0.25, -0.2) is 0 Å². The van der Waals surface area contributed by atoms with E-state index >= 15 is 0 Å². The molecule has 2 saturated heterocycles. The fraction of sp³-hybridized carbons (Fsp3) is 0.333. The van der Waals surface area contributed by atoms with Crippen LogP contribution >= 0.6 is 15.9 Å². The predicted molar refractivity (Wildman–Crippen MR) is 283 cm³/mol. The van der Waals surface area contributed by atoms with E-state index in [2.05, 4.69) is 102 Å². The van der Waals surface area contributed by atoms with Gasteiger partial charge in [0.05, 0.1) is 0 Å². The van der Waals surface area contributed by atoms with Crippen LogP contribution in [0.2, 0.25) is 0 Å². The normalized spacial score (nSPS) is 20.9. The van der Waals surface area contributed by atoms with Crippen molar-refractivity contribution in [3.8, 4) is 51.4 Å². The Labute approximate surface area is 420 Å². The standard InChI is InChI=1S/C60H63BrN2O7/c1-36-8-7-24-62(33-36)26-27-67-54-20-14-44(60-57(42-9-6-10-45(64)28-42)39(4)49-31-47(66)16-22-56(49)70-60)30-52(54)51-29-43(13-19-53(51)61)58-40(5)50-32-46(65)15-21-55(50)69-59(58)41-11-17-48(18-12-41)68-35-38(3)63-25-23-37(2)34-63/h6,9-22,28-32,36-38,59-60,64-66H,7-8,23-27,33-35H2,1-5H3. The molecule has 6 aromatic rings. The highest BCUT2D eigenvalue weighted by Gasteiger charge is 2.33. The third-order valence-corrected chi connectivity index (χ3v) is 15.4. The lowest BCUT2D eigenvalue weighted by Gasteiger charge is -2.32. The lowest BCUT2D eigenvalue weighted by atomic mass is 9.84. The molecule has 0 amide bonds. The maximum atomic E-state index is 10.7. The lowest BCUT2D eigenvalue weighted by molar-refractivity contribution is 0.154. The van der Waals surface area contributed by atoms with Gasteiger partial charge in [-0.3, -0.25) is 9.80 Å². The SMILES string of the molecule is CC1=C(c2ccc(Br)c(-c3cc(C4Oc5ccc(O)cc5C(C)=C4c4cccc(O)c4)ccc3OCCN3CCCC(C)C3)c2)C(c2ccc(OCC(C)N3CCC(C)C3)cc2)Oc2ccc(O)cc21. The number of likely N-dealkylation sites (tertiary alicyclic amines) is 2. The Morgan fingerprint density at radius 2 is 1.27 bits per heavy atom. The Morgan fingerprint density at radius 1 is 0.629 bits per heavy atom. The van der Waals surface area contributed by atoms with Crippen LogP contribution in [0.4, 0.5) is 0 Å². The highest BCUT2D eigenvalue weighted by molar-refractivity contribution is 9.10. The quantitative estimate of drug-likeness (QED) is 0.104. The summed E-state index contributed by atoms with van der Waals surface area (Å²) >= 11 is 3.99. The van der Waals surface area contributed by atoms with Gasteiger partial charge < -0.3 is 34.3 Å². The highest BCUT2D eigenvalue weighted by atomic mass is 79.9. The molecule has 70 heavy (non-hydrogen) atoms. The molecule has 0 spiro atoms. The average molecular weight is 1000 g/mol. The summed E-state index contributed by atoms with van der Waals surface area (Å²) in [4.78, 5) is 5.02.